The number of para-hydroxylation sites is 1. The van der Waals surface area contributed by atoms with Crippen LogP contribution >= 0.6 is 0 Å². The first-order valence-corrected chi connectivity index (χ1v) is 5.83. The normalized spacial score (nSPS) is 9.80. The summed E-state index contributed by atoms with van der Waals surface area (Å²) >= 11 is 0. The maximum Gasteiger partial charge on any atom is 0.313 e. The van der Waals surface area contributed by atoms with E-state index in [0.717, 1.165) is 5.56 Å². The van der Waals surface area contributed by atoms with Gasteiger partial charge in [-0.25, -0.2) is 4.98 Å². The molecule has 0 aliphatic heterocycles. The van der Waals surface area contributed by atoms with Crippen LogP contribution in [0.25, 0.3) is 0 Å². The smallest absolute Gasteiger partial charge is 0.313 e. The van der Waals surface area contributed by atoms with Crippen molar-refractivity contribution in [3.05, 3.63) is 63.5 Å². The van der Waals surface area contributed by atoms with Gasteiger partial charge < -0.3 is 4.74 Å². The van der Waals surface area contributed by atoms with Crippen LogP contribution in [-0.2, 0) is 6.61 Å². The zero-order chi connectivity index (χ0) is 14.5. The predicted molar refractivity (Wildman–Crippen MR) is 71.1 cm³/mol. The summed E-state index contributed by atoms with van der Waals surface area (Å²) in [6.45, 7) is 1.80. The number of nitro benzene ring substituents is 1. The molecule has 2 rings (SSSR count). The average molecular weight is 269 g/mol. The topological polar surface area (TPSA) is 89.0 Å². The highest BCUT2D eigenvalue weighted by Crippen LogP contribution is 2.30. The van der Waals surface area contributed by atoms with Crippen LogP contribution in [0.1, 0.15) is 16.8 Å². The minimum atomic E-state index is -0.460. The van der Waals surface area contributed by atoms with E-state index in [4.69, 9.17) is 10.00 Å². The Balaban J connectivity index is 2.21. The fourth-order valence-electron chi connectivity index (χ4n) is 1.77. The molecule has 0 fully saturated rings. The van der Waals surface area contributed by atoms with Crippen molar-refractivity contribution < 1.29 is 9.66 Å². The summed E-state index contributed by atoms with van der Waals surface area (Å²) in [7, 11) is 0. The molecule has 0 amide bonds. The van der Waals surface area contributed by atoms with Gasteiger partial charge in [0.1, 0.15) is 18.4 Å². The highest BCUT2D eigenvalue weighted by molar-refractivity contribution is 5.52. The Hall–Kier alpha value is -2.94. The Morgan fingerprint density at radius 3 is 2.95 bits per heavy atom. The maximum absolute atomic E-state index is 11.0. The molecule has 0 bridgehead atoms. The molecule has 1 heterocycles. The fourth-order valence-corrected chi connectivity index (χ4v) is 1.77. The number of rotatable bonds is 4. The van der Waals surface area contributed by atoms with Crippen LogP contribution in [0.2, 0.25) is 0 Å². The highest BCUT2D eigenvalue weighted by Gasteiger charge is 2.18. The van der Waals surface area contributed by atoms with Gasteiger partial charge in [-0.15, -0.1) is 0 Å². The molecule has 100 valence electrons. The first-order valence-electron chi connectivity index (χ1n) is 5.83. The van der Waals surface area contributed by atoms with E-state index in [0.29, 0.717) is 5.56 Å². The number of nitro groups is 1. The Morgan fingerprint density at radius 1 is 1.45 bits per heavy atom. The number of hydrogen-bond acceptors (Lipinski definition) is 5. The highest BCUT2D eigenvalue weighted by atomic mass is 16.6. The lowest BCUT2D eigenvalue weighted by molar-refractivity contribution is -0.386. The summed E-state index contributed by atoms with van der Waals surface area (Å²) in [4.78, 5) is 14.4. The zero-order valence-electron chi connectivity index (χ0n) is 10.7. The van der Waals surface area contributed by atoms with E-state index >= 15 is 0 Å². The standard InChI is InChI=1S/C14H11N3O3/c1-10-3-2-4-13(14(10)17(18)19)20-9-11-5-6-16-12(7-11)8-15/h2-7H,9H2,1H3. The Bertz CT molecular complexity index is 692. The van der Waals surface area contributed by atoms with Crippen molar-refractivity contribution in [2.45, 2.75) is 13.5 Å². The summed E-state index contributed by atoms with van der Waals surface area (Å²) in [6.07, 6.45) is 1.50. The van der Waals surface area contributed by atoms with Crippen molar-refractivity contribution in [3.8, 4) is 11.8 Å². The SMILES string of the molecule is Cc1cccc(OCc2ccnc(C#N)c2)c1[N+](=O)[O-]. The maximum atomic E-state index is 11.0. The zero-order valence-corrected chi connectivity index (χ0v) is 10.7. The predicted octanol–water partition coefficient (Wildman–Crippen LogP) is 2.75. The number of hydrogen-bond donors (Lipinski definition) is 0. The number of benzene rings is 1. The second kappa shape index (κ2) is 5.80. The van der Waals surface area contributed by atoms with E-state index in [-0.39, 0.29) is 23.7 Å². The molecule has 0 saturated heterocycles. The first kappa shape index (κ1) is 13.5. The van der Waals surface area contributed by atoms with Gasteiger partial charge in [0.25, 0.3) is 0 Å². The average Bonchev–Trinajstić information content (AvgIpc) is 2.45. The Morgan fingerprint density at radius 2 is 2.25 bits per heavy atom. The van der Waals surface area contributed by atoms with Crippen molar-refractivity contribution in [3.63, 3.8) is 0 Å². The van der Waals surface area contributed by atoms with Crippen LogP contribution in [0.15, 0.2) is 36.5 Å². The van der Waals surface area contributed by atoms with Crippen molar-refractivity contribution >= 4 is 5.69 Å². The molecule has 0 atom stereocenters. The summed E-state index contributed by atoms with van der Waals surface area (Å²) in [5.41, 5.74) is 1.51. The molecular formula is C14H11N3O3. The molecule has 6 heteroatoms. The molecule has 6 nitrogen and oxygen atoms in total. The molecule has 0 radical (unpaired) electrons. The third-order valence-corrected chi connectivity index (χ3v) is 2.72. The number of aryl methyl sites for hydroxylation is 1. The summed E-state index contributed by atoms with van der Waals surface area (Å²) in [5, 5.41) is 19.8. The Labute approximate surface area is 115 Å². The number of aromatic nitrogens is 1. The molecule has 2 aromatic rings. The van der Waals surface area contributed by atoms with Crippen LogP contribution in [0, 0.1) is 28.4 Å². The van der Waals surface area contributed by atoms with Crippen molar-refractivity contribution in [1.29, 1.82) is 5.26 Å². The third kappa shape index (κ3) is 2.90. The largest absolute Gasteiger partial charge is 0.482 e. The number of nitrogens with zero attached hydrogens (tertiary/aromatic N) is 3. The molecule has 1 aromatic heterocycles. The molecule has 0 N–H and O–H groups in total. The van der Waals surface area contributed by atoms with Crippen molar-refractivity contribution in [2.24, 2.45) is 0 Å². The van der Waals surface area contributed by atoms with Crippen LogP contribution in [-0.4, -0.2) is 9.91 Å². The van der Waals surface area contributed by atoms with Crippen LogP contribution in [0.4, 0.5) is 5.69 Å². The molecular weight excluding hydrogens is 258 g/mol. The molecule has 0 saturated carbocycles. The van der Waals surface area contributed by atoms with E-state index in [1.165, 1.54) is 6.20 Å². The van der Waals surface area contributed by atoms with Gasteiger partial charge in [-0.3, -0.25) is 10.1 Å². The van der Waals surface area contributed by atoms with E-state index in [1.807, 2.05) is 6.07 Å². The summed E-state index contributed by atoms with van der Waals surface area (Å²) in [5.74, 6) is 0.213. The molecule has 1 aromatic carbocycles. The van der Waals surface area contributed by atoms with E-state index in [1.54, 1.807) is 37.3 Å². The lowest BCUT2D eigenvalue weighted by Gasteiger charge is -2.08. The second-order valence-electron chi connectivity index (χ2n) is 4.13. The van der Waals surface area contributed by atoms with Gasteiger partial charge in [-0.2, -0.15) is 5.26 Å². The van der Waals surface area contributed by atoms with Gasteiger partial charge in [-0.05, 0) is 30.7 Å². The Kier molecular flexibility index (Phi) is 3.91. The lowest BCUT2D eigenvalue weighted by Crippen LogP contribution is -2.01. The third-order valence-electron chi connectivity index (χ3n) is 2.72. The van der Waals surface area contributed by atoms with Gasteiger partial charge in [0.15, 0.2) is 5.75 Å². The molecule has 0 spiro atoms. The number of pyridine rings is 1. The molecule has 0 unspecified atom stereocenters. The monoisotopic (exact) mass is 269 g/mol. The van der Waals surface area contributed by atoms with E-state index in [2.05, 4.69) is 4.98 Å². The van der Waals surface area contributed by atoms with E-state index < -0.39 is 4.92 Å². The first-order chi connectivity index (χ1) is 9.61. The van der Waals surface area contributed by atoms with Crippen LogP contribution in [0.5, 0.6) is 5.75 Å². The van der Waals surface area contributed by atoms with Gasteiger partial charge in [-0.1, -0.05) is 12.1 Å². The fraction of sp³-hybridized carbons (Fsp3) is 0.143. The minimum absolute atomic E-state index is 0.0398. The minimum Gasteiger partial charge on any atom is -0.482 e. The quantitative estimate of drug-likeness (QED) is 0.628. The van der Waals surface area contributed by atoms with Crippen molar-refractivity contribution in [1.82, 2.24) is 4.98 Å². The van der Waals surface area contributed by atoms with E-state index in [9.17, 15) is 10.1 Å². The van der Waals surface area contributed by atoms with Crippen molar-refractivity contribution in [2.75, 3.05) is 0 Å². The molecule has 20 heavy (non-hydrogen) atoms. The van der Waals surface area contributed by atoms with Crippen LogP contribution < -0.4 is 4.74 Å². The van der Waals surface area contributed by atoms with Gasteiger partial charge in [0, 0.05) is 11.8 Å². The number of nitriles is 1. The molecule has 0 aliphatic carbocycles. The van der Waals surface area contributed by atoms with Crippen LogP contribution in [0.3, 0.4) is 0 Å². The van der Waals surface area contributed by atoms with Gasteiger partial charge >= 0.3 is 5.69 Å². The second-order valence-corrected chi connectivity index (χ2v) is 4.13. The van der Waals surface area contributed by atoms with Gasteiger partial charge in [0.2, 0.25) is 0 Å². The van der Waals surface area contributed by atoms with Gasteiger partial charge in [0.05, 0.1) is 4.92 Å². The lowest BCUT2D eigenvalue weighted by atomic mass is 10.2. The summed E-state index contributed by atoms with van der Waals surface area (Å²) < 4.78 is 5.49. The molecule has 0 aliphatic rings. The summed E-state index contributed by atoms with van der Waals surface area (Å²) in [6, 6.07) is 10.1. The number of ether oxygens (including phenoxy) is 1.